The van der Waals surface area contributed by atoms with Crippen LogP contribution in [0, 0.1) is 19.7 Å². The minimum absolute atomic E-state index is 0.145. The van der Waals surface area contributed by atoms with Crippen LogP contribution >= 0.6 is 0 Å². The van der Waals surface area contributed by atoms with Gasteiger partial charge in [0.25, 0.3) is 0 Å². The fraction of sp³-hybridized carbons (Fsp3) is 0.333. The van der Waals surface area contributed by atoms with E-state index in [-0.39, 0.29) is 5.56 Å². The normalized spacial score (nSPS) is 11.6. The van der Waals surface area contributed by atoms with Crippen molar-refractivity contribution in [2.45, 2.75) is 20.2 Å². The van der Waals surface area contributed by atoms with E-state index in [0.717, 1.165) is 12.1 Å². The van der Waals surface area contributed by atoms with Crippen LogP contribution in [0.5, 0.6) is 5.75 Å². The Morgan fingerprint density at radius 2 is 1.71 bits per heavy atom. The van der Waals surface area contributed by atoms with Crippen molar-refractivity contribution in [3.63, 3.8) is 0 Å². The van der Waals surface area contributed by atoms with E-state index in [9.17, 15) is 17.6 Å². The summed E-state index contributed by atoms with van der Waals surface area (Å²) in [5.74, 6) is -1.20. The summed E-state index contributed by atoms with van der Waals surface area (Å²) in [7, 11) is 0. The van der Waals surface area contributed by atoms with Crippen molar-refractivity contribution in [3.05, 3.63) is 29.1 Å². The van der Waals surface area contributed by atoms with Gasteiger partial charge in [0.2, 0.25) is 0 Å². The SMILES string of the molecule is Cc1cc(F)c(C)c(OC(F)(F)F)c1. The first-order valence-electron chi connectivity index (χ1n) is 3.82. The van der Waals surface area contributed by atoms with Crippen molar-refractivity contribution in [1.29, 1.82) is 0 Å². The molecule has 14 heavy (non-hydrogen) atoms. The Kier molecular flexibility index (Phi) is 2.69. The standard InChI is InChI=1S/C9H8F4O/c1-5-3-7(10)6(2)8(4-5)14-9(11,12)13/h3-4H,1-2H3. The van der Waals surface area contributed by atoms with Gasteiger partial charge in [-0.1, -0.05) is 0 Å². The number of ether oxygens (including phenoxy) is 1. The van der Waals surface area contributed by atoms with Gasteiger partial charge in [-0.3, -0.25) is 0 Å². The largest absolute Gasteiger partial charge is 0.573 e. The van der Waals surface area contributed by atoms with Gasteiger partial charge in [-0.05, 0) is 31.5 Å². The van der Waals surface area contributed by atoms with Crippen LogP contribution in [-0.4, -0.2) is 6.36 Å². The highest BCUT2D eigenvalue weighted by molar-refractivity contribution is 5.37. The Bertz CT molecular complexity index is 343. The lowest BCUT2D eigenvalue weighted by Crippen LogP contribution is -2.18. The van der Waals surface area contributed by atoms with Crippen molar-refractivity contribution in [2.24, 2.45) is 0 Å². The number of aryl methyl sites for hydroxylation is 1. The highest BCUT2D eigenvalue weighted by Crippen LogP contribution is 2.28. The van der Waals surface area contributed by atoms with E-state index < -0.39 is 17.9 Å². The van der Waals surface area contributed by atoms with Crippen LogP contribution in [0.3, 0.4) is 0 Å². The molecule has 0 unspecified atom stereocenters. The maximum absolute atomic E-state index is 13.0. The van der Waals surface area contributed by atoms with E-state index in [1.54, 1.807) is 0 Å². The molecule has 0 atom stereocenters. The summed E-state index contributed by atoms with van der Waals surface area (Å²) in [5, 5.41) is 0. The summed E-state index contributed by atoms with van der Waals surface area (Å²) in [5.41, 5.74) is 0.236. The number of benzene rings is 1. The van der Waals surface area contributed by atoms with Crippen molar-refractivity contribution < 1.29 is 22.3 Å². The summed E-state index contributed by atoms with van der Waals surface area (Å²) < 4.78 is 52.1. The molecule has 0 spiro atoms. The lowest BCUT2D eigenvalue weighted by molar-refractivity contribution is -0.274. The van der Waals surface area contributed by atoms with Gasteiger partial charge < -0.3 is 4.74 Å². The average Bonchev–Trinajstić information content (AvgIpc) is 1.96. The smallest absolute Gasteiger partial charge is 0.405 e. The van der Waals surface area contributed by atoms with Crippen molar-refractivity contribution >= 4 is 0 Å². The predicted octanol–water partition coefficient (Wildman–Crippen LogP) is 3.34. The number of rotatable bonds is 1. The molecule has 0 aliphatic carbocycles. The molecule has 0 saturated heterocycles. The molecule has 0 aromatic heterocycles. The first-order valence-corrected chi connectivity index (χ1v) is 3.82. The Morgan fingerprint density at radius 3 is 2.21 bits per heavy atom. The maximum Gasteiger partial charge on any atom is 0.573 e. The molecule has 78 valence electrons. The lowest BCUT2D eigenvalue weighted by atomic mass is 10.1. The van der Waals surface area contributed by atoms with Crippen molar-refractivity contribution in [2.75, 3.05) is 0 Å². The number of hydrogen-bond acceptors (Lipinski definition) is 1. The maximum atomic E-state index is 13.0. The summed E-state index contributed by atoms with van der Waals surface area (Å²) >= 11 is 0. The number of halogens is 4. The average molecular weight is 208 g/mol. The molecule has 0 heterocycles. The zero-order chi connectivity index (χ0) is 10.9. The highest BCUT2D eigenvalue weighted by Gasteiger charge is 2.32. The molecule has 0 radical (unpaired) electrons. The van der Waals surface area contributed by atoms with Gasteiger partial charge in [-0.15, -0.1) is 13.2 Å². The monoisotopic (exact) mass is 208 g/mol. The summed E-state index contributed by atoms with van der Waals surface area (Å²) in [4.78, 5) is 0. The van der Waals surface area contributed by atoms with Gasteiger partial charge in [0.15, 0.2) is 0 Å². The lowest BCUT2D eigenvalue weighted by Gasteiger charge is -2.12. The Balaban J connectivity index is 3.09. The molecule has 1 rings (SSSR count). The molecule has 0 fully saturated rings. The summed E-state index contributed by atoms with van der Waals surface area (Å²) in [6, 6.07) is 2.30. The van der Waals surface area contributed by atoms with Crippen molar-refractivity contribution in [1.82, 2.24) is 0 Å². The first-order chi connectivity index (χ1) is 6.29. The molecule has 0 bridgehead atoms. The van der Waals surface area contributed by atoms with Gasteiger partial charge >= 0.3 is 6.36 Å². The van der Waals surface area contributed by atoms with E-state index in [2.05, 4.69) is 4.74 Å². The van der Waals surface area contributed by atoms with E-state index in [1.165, 1.54) is 13.8 Å². The Morgan fingerprint density at radius 1 is 1.14 bits per heavy atom. The van der Waals surface area contributed by atoms with E-state index in [4.69, 9.17) is 0 Å². The van der Waals surface area contributed by atoms with Crippen LogP contribution in [0.2, 0.25) is 0 Å². The van der Waals surface area contributed by atoms with Crippen LogP contribution in [0.25, 0.3) is 0 Å². The minimum Gasteiger partial charge on any atom is -0.405 e. The predicted molar refractivity (Wildman–Crippen MR) is 42.6 cm³/mol. The van der Waals surface area contributed by atoms with Crippen LogP contribution in [0.15, 0.2) is 12.1 Å². The van der Waals surface area contributed by atoms with E-state index in [1.807, 2.05) is 0 Å². The molecule has 1 nitrogen and oxygen atoms in total. The Labute approximate surface area is 78.3 Å². The second kappa shape index (κ2) is 3.48. The van der Waals surface area contributed by atoms with Crippen LogP contribution < -0.4 is 4.74 Å². The zero-order valence-electron chi connectivity index (χ0n) is 7.57. The first kappa shape index (κ1) is 10.8. The molecule has 5 heteroatoms. The molecule has 0 amide bonds. The van der Waals surface area contributed by atoms with Gasteiger partial charge in [0, 0.05) is 5.56 Å². The quantitative estimate of drug-likeness (QED) is 0.643. The second-order valence-electron chi connectivity index (χ2n) is 2.92. The van der Waals surface area contributed by atoms with E-state index >= 15 is 0 Å². The van der Waals surface area contributed by atoms with Gasteiger partial charge in [0.1, 0.15) is 11.6 Å². The number of alkyl halides is 3. The van der Waals surface area contributed by atoms with E-state index in [0.29, 0.717) is 5.56 Å². The second-order valence-corrected chi connectivity index (χ2v) is 2.92. The third kappa shape index (κ3) is 2.61. The van der Waals surface area contributed by atoms with Crippen LogP contribution in [0.4, 0.5) is 17.6 Å². The molecule has 1 aromatic rings. The van der Waals surface area contributed by atoms with Crippen LogP contribution in [-0.2, 0) is 0 Å². The number of hydrogen-bond donors (Lipinski definition) is 0. The molecular weight excluding hydrogens is 200 g/mol. The highest BCUT2D eigenvalue weighted by atomic mass is 19.4. The van der Waals surface area contributed by atoms with Gasteiger partial charge in [-0.2, -0.15) is 0 Å². The van der Waals surface area contributed by atoms with Gasteiger partial charge in [0.05, 0.1) is 0 Å². The third-order valence-corrected chi connectivity index (χ3v) is 1.67. The summed E-state index contributed by atoms with van der Waals surface area (Å²) in [6.45, 7) is 2.72. The third-order valence-electron chi connectivity index (χ3n) is 1.67. The topological polar surface area (TPSA) is 9.23 Å². The molecule has 0 N–H and O–H groups in total. The molecular formula is C9H8F4O. The zero-order valence-corrected chi connectivity index (χ0v) is 7.57. The van der Waals surface area contributed by atoms with Gasteiger partial charge in [-0.25, -0.2) is 4.39 Å². The fourth-order valence-corrected chi connectivity index (χ4v) is 1.01. The minimum atomic E-state index is -4.79. The molecule has 0 aliphatic heterocycles. The molecule has 0 aliphatic rings. The van der Waals surface area contributed by atoms with Crippen molar-refractivity contribution in [3.8, 4) is 5.75 Å². The fourth-order valence-electron chi connectivity index (χ4n) is 1.01. The van der Waals surface area contributed by atoms with Crippen LogP contribution in [0.1, 0.15) is 11.1 Å². The Hall–Kier alpha value is -1.26. The molecule has 1 aromatic carbocycles. The summed E-state index contributed by atoms with van der Waals surface area (Å²) in [6.07, 6.45) is -4.79. The molecule has 0 saturated carbocycles.